The van der Waals surface area contributed by atoms with Crippen molar-refractivity contribution in [1.29, 1.82) is 0 Å². The van der Waals surface area contributed by atoms with Crippen molar-refractivity contribution in [2.45, 2.75) is 38.7 Å². The van der Waals surface area contributed by atoms with E-state index in [4.69, 9.17) is 10.5 Å². The lowest BCUT2D eigenvalue weighted by atomic mass is 10.2. The Hall–Kier alpha value is -0.330. The molecule has 0 aliphatic carbocycles. The van der Waals surface area contributed by atoms with E-state index >= 15 is 0 Å². The first-order chi connectivity index (χ1) is 6.91. The summed E-state index contributed by atoms with van der Waals surface area (Å²) in [6.45, 7) is 3.58. The molecule has 3 nitrogen and oxygen atoms in total. The molecule has 0 rings (SSSR count). The van der Waals surface area contributed by atoms with Gasteiger partial charge in [-0.3, -0.25) is 0 Å². The predicted octanol–water partition coefficient (Wildman–Crippen LogP) is 1.71. The summed E-state index contributed by atoms with van der Waals surface area (Å²) in [6, 6.07) is 0. The van der Waals surface area contributed by atoms with E-state index in [2.05, 4.69) is 4.74 Å². The van der Waals surface area contributed by atoms with Crippen molar-refractivity contribution in [2.24, 2.45) is 5.73 Å². The van der Waals surface area contributed by atoms with Crippen LogP contribution in [0, 0.1) is 0 Å². The summed E-state index contributed by atoms with van der Waals surface area (Å²) in [5.41, 5.74) is 5.36. The van der Waals surface area contributed by atoms with E-state index in [1.165, 1.54) is 0 Å². The van der Waals surface area contributed by atoms with Crippen molar-refractivity contribution in [3.63, 3.8) is 0 Å². The Kier molecular flexibility index (Phi) is 6.87. The Morgan fingerprint density at radius 2 is 1.87 bits per heavy atom. The van der Waals surface area contributed by atoms with E-state index in [1.807, 2.05) is 6.92 Å². The Labute approximate surface area is 87.7 Å². The van der Waals surface area contributed by atoms with Gasteiger partial charge in [-0.05, 0) is 20.3 Å². The Balaban J connectivity index is 3.68. The summed E-state index contributed by atoms with van der Waals surface area (Å²) in [6.07, 6.45) is -5.89. The first-order valence-electron chi connectivity index (χ1n) is 4.91. The van der Waals surface area contributed by atoms with Crippen LogP contribution in [0.25, 0.3) is 0 Å². The number of halogens is 3. The van der Waals surface area contributed by atoms with E-state index in [9.17, 15) is 13.2 Å². The van der Waals surface area contributed by atoms with E-state index in [0.717, 1.165) is 6.92 Å². The predicted molar refractivity (Wildman–Crippen MR) is 50.6 cm³/mol. The van der Waals surface area contributed by atoms with Crippen LogP contribution in [0.5, 0.6) is 0 Å². The van der Waals surface area contributed by atoms with Crippen LogP contribution in [0.3, 0.4) is 0 Å². The van der Waals surface area contributed by atoms with Crippen LogP contribution in [0.15, 0.2) is 0 Å². The fraction of sp³-hybridized carbons (Fsp3) is 1.00. The average Bonchev–Trinajstić information content (AvgIpc) is 2.14. The van der Waals surface area contributed by atoms with Crippen molar-refractivity contribution in [3.8, 4) is 0 Å². The lowest BCUT2D eigenvalue weighted by Crippen LogP contribution is -2.31. The summed E-state index contributed by atoms with van der Waals surface area (Å²) in [5, 5.41) is 0. The largest absolute Gasteiger partial charge is 0.414 e. The van der Waals surface area contributed by atoms with Crippen molar-refractivity contribution in [2.75, 3.05) is 19.8 Å². The first-order valence-corrected chi connectivity index (χ1v) is 4.91. The zero-order valence-corrected chi connectivity index (χ0v) is 9.01. The second-order valence-corrected chi connectivity index (χ2v) is 3.16. The van der Waals surface area contributed by atoms with Crippen LogP contribution in [0.1, 0.15) is 20.3 Å². The fourth-order valence-corrected chi connectivity index (χ4v) is 0.976. The van der Waals surface area contributed by atoms with Gasteiger partial charge in [-0.15, -0.1) is 0 Å². The van der Waals surface area contributed by atoms with E-state index in [0.29, 0.717) is 13.0 Å². The smallest absolute Gasteiger partial charge is 0.377 e. The topological polar surface area (TPSA) is 44.5 Å². The van der Waals surface area contributed by atoms with Gasteiger partial charge in [-0.1, -0.05) is 0 Å². The van der Waals surface area contributed by atoms with E-state index in [1.54, 1.807) is 0 Å². The maximum absolute atomic E-state index is 12.0. The van der Waals surface area contributed by atoms with Crippen LogP contribution in [0.4, 0.5) is 13.2 Å². The molecular formula is C9H18F3NO2. The highest BCUT2D eigenvalue weighted by Crippen LogP contribution is 2.22. The lowest BCUT2D eigenvalue weighted by molar-refractivity contribution is -0.215. The minimum absolute atomic E-state index is 0.00252. The molecule has 0 saturated carbocycles. The third-order valence-corrected chi connectivity index (χ3v) is 1.93. The van der Waals surface area contributed by atoms with Gasteiger partial charge in [-0.2, -0.15) is 13.2 Å². The second kappa shape index (κ2) is 7.03. The molecule has 0 spiro atoms. The van der Waals surface area contributed by atoms with Crippen molar-refractivity contribution >= 4 is 0 Å². The van der Waals surface area contributed by atoms with Gasteiger partial charge in [-0.25, -0.2) is 0 Å². The monoisotopic (exact) mass is 229 g/mol. The van der Waals surface area contributed by atoms with Gasteiger partial charge in [0.15, 0.2) is 6.10 Å². The summed E-state index contributed by atoms with van der Waals surface area (Å²) in [7, 11) is 0. The number of hydrogen-bond donors (Lipinski definition) is 1. The minimum atomic E-state index is -4.30. The molecule has 0 radical (unpaired) electrons. The average molecular weight is 229 g/mol. The third kappa shape index (κ3) is 6.70. The van der Waals surface area contributed by atoms with Gasteiger partial charge in [0.25, 0.3) is 0 Å². The van der Waals surface area contributed by atoms with Crippen LogP contribution in [-0.4, -0.2) is 38.1 Å². The quantitative estimate of drug-likeness (QED) is 0.722. The Morgan fingerprint density at radius 3 is 2.27 bits per heavy atom. The van der Waals surface area contributed by atoms with Gasteiger partial charge in [0, 0.05) is 19.8 Å². The number of ether oxygens (including phenoxy) is 2. The highest BCUT2D eigenvalue weighted by atomic mass is 19.4. The Morgan fingerprint density at radius 1 is 1.27 bits per heavy atom. The maximum Gasteiger partial charge on any atom is 0.414 e. The molecule has 0 fully saturated rings. The van der Waals surface area contributed by atoms with Crippen LogP contribution < -0.4 is 5.73 Å². The summed E-state index contributed by atoms with van der Waals surface area (Å²) >= 11 is 0. The molecule has 2 atom stereocenters. The molecule has 2 unspecified atom stereocenters. The summed E-state index contributed by atoms with van der Waals surface area (Å²) in [5.74, 6) is 0. The maximum atomic E-state index is 12.0. The second-order valence-electron chi connectivity index (χ2n) is 3.16. The van der Waals surface area contributed by atoms with E-state index < -0.39 is 12.3 Å². The minimum Gasteiger partial charge on any atom is -0.377 e. The van der Waals surface area contributed by atoms with Gasteiger partial charge < -0.3 is 15.2 Å². The molecule has 0 bridgehead atoms. The Bertz CT molecular complexity index is 164. The van der Waals surface area contributed by atoms with Gasteiger partial charge in [0.2, 0.25) is 0 Å². The molecule has 0 aromatic rings. The molecule has 15 heavy (non-hydrogen) atoms. The normalized spacial score (nSPS) is 16.4. The van der Waals surface area contributed by atoms with Crippen molar-refractivity contribution < 1.29 is 22.6 Å². The molecule has 0 aliphatic rings. The molecule has 0 saturated heterocycles. The van der Waals surface area contributed by atoms with Gasteiger partial charge in [0.05, 0.1) is 6.10 Å². The molecule has 0 amide bonds. The molecule has 92 valence electrons. The van der Waals surface area contributed by atoms with Crippen LogP contribution in [-0.2, 0) is 9.47 Å². The SMILES string of the molecule is CCOC(CN)CCOC(C)C(F)(F)F. The summed E-state index contributed by atoms with van der Waals surface area (Å²) < 4.78 is 45.9. The zero-order chi connectivity index (χ0) is 11.9. The molecular weight excluding hydrogens is 211 g/mol. The fourth-order valence-electron chi connectivity index (χ4n) is 0.976. The van der Waals surface area contributed by atoms with Crippen molar-refractivity contribution in [1.82, 2.24) is 0 Å². The number of nitrogens with two attached hydrogens (primary N) is 1. The van der Waals surface area contributed by atoms with E-state index in [-0.39, 0.29) is 19.3 Å². The van der Waals surface area contributed by atoms with Crippen LogP contribution in [0.2, 0.25) is 0 Å². The van der Waals surface area contributed by atoms with Crippen molar-refractivity contribution in [3.05, 3.63) is 0 Å². The van der Waals surface area contributed by atoms with Crippen LogP contribution >= 0.6 is 0 Å². The molecule has 6 heteroatoms. The molecule has 0 heterocycles. The highest BCUT2D eigenvalue weighted by molar-refractivity contribution is 4.63. The number of rotatable bonds is 7. The molecule has 2 N–H and O–H groups in total. The third-order valence-electron chi connectivity index (χ3n) is 1.93. The standard InChI is InChI=1S/C9H18F3NO2/c1-3-14-8(6-13)4-5-15-7(2)9(10,11)12/h7-8H,3-6,13H2,1-2H3. The number of alkyl halides is 3. The first kappa shape index (κ1) is 14.7. The molecule has 0 aromatic heterocycles. The van der Waals surface area contributed by atoms with Gasteiger partial charge in [0.1, 0.15) is 0 Å². The summed E-state index contributed by atoms with van der Waals surface area (Å²) in [4.78, 5) is 0. The lowest BCUT2D eigenvalue weighted by Gasteiger charge is -2.19. The van der Waals surface area contributed by atoms with Gasteiger partial charge >= 0.3 is 6.18 Å². The zero-order valence-electron chi connectivity index (χ0n) is 9.01. The molecule has 0 aliphatic heterocycles. The molecule has 0 aromatic carbocycles. The highest BCUT2D eigenvalue weighted by Gasteiger charge is 2.36. The number of hydrogen-bond acceptors (Lipinski definition) is 3.